The highest BCUT2D eigenvalue weighted by molar-refractivity contribution is 5.88. The Bertz CT molecular complexity index is 1010. The Kier molecular flexibility index (Phi) is 5.34. The molecule has 148 valence electrons. The van der Waals surface area contributed by atoms with E-state index in [2.05, 4.69) is 0 Å². The number of aryl methyl sites for hydroxylation is 1. The minimum atomic E-state index is -1.74. The molecule has 0 saturated heterocycles. The third kappa shape index (κ3) is 3.98. The SMILES string of the molecule is C[C@H](Oc1ccc2c3c(c(=O)oc2c1)CCC3)C(=O)N[C@@H](CC(=O)[O-])C(=O)[O-]. The fraction of sp³-hybridized carbons (Fsp3) is 0.368. The molecule has 1 aliphatic carbocycles. The maximum absolute atomic E-state index is 12.1. The van der Waals surface area contributed by atoms with E-state index in [0.717, 1.165) is 23.8 Å². The highest BCUT2D eigenvalue weighted by atomic mass is 16.5. The number of amides is 1. The van der Waals surface area contributed by atoms with Crippen molar-refractivity contribution in [1.82, 2.24) is 5.32 Å². The van der Waals surface area contributed by atoms with Gasteiger partial charge in [0.15, 0.2) is 6.10 Å². The molecular weight excluding hydrogens is 370 g/mol. The third-order valence-electron chi connectivity index (χ3n) is 4.60. The van der Waals surface area contributed by atoms with Gasteiger partial charge in [0.25, 0.3) is 5.91 Å². The van der Waals surface area contributed by atoms with E-state index in [4.69, 9.17) is 9.15 Å². The predicted molar refractivity (Wildman–Crippen MR) is 91.2 cm³/mol. The van der Waals surface area contributed by atoms with Crippen LogP contribution in [0.2, 0.25) is 0 Å². The summed E-state index contributed by atoms with van der Waals surface area (Å²) in [5, 5.41) is 24.3. The molecule has 0 aliphatic heterocycles. The average Bonchev–Trinajstić information content (AvgIpc) is 3.11. The number of hydrogen-bond acceptors (Lipinski definition) is 8. The van der Waals surface area contributed by atoms with E-state index >= 15 is 0 Å². The summed E-state index contributed by atoms with van der Waals surface area (Å²) in [6, 6.07) is 3.10. The first-order chi connectivity index (χ1) is 13.3. The van der Waals surface area contributed by atoms with Crippen molar-refractivity contribution in [3.8, 4) is 5.75 Å². The molecular formula is C19H17NO8-2. The van der Waals surface area contributed by atoms with Gasteiger partial charge in [0, 0.05) is 29.4 Å². The van der Waals surface area contributed by atoms with Crippen molar-refractivity contribution in [1.29, 1.82) is 0 Å². The van der Waals surface area contributed by atoms with Crippen LogP contribution < -0.4 is 25.9 Å². The van der Waals surface area contributed by atoms with Gasteiger partial charge in [-0.2, -0.15) is 0 Å². The quantitative estimate of drug-likeness (QED) is 0.560. The molecule has 0 fully saturated rings. The Morgan fingerprint density at radius 1 is 1.21 bits per heavy atom. The highest BCUT2D eigenvalue weighted by Gasteiger charge is 2.22. The molecule has 1 aliphatic rings. The first-order valence-electron chi connectivity index (χ1n) is 8.72. The van der Waals surface area contributed by atoms with Gasteiger partial charge in [0.1, 0.15) is 11.3 Å². The second-order valence-electron chi connectivity index (χ2n) is 6.57. The van der Waals surface area contributed by atoms with Crippen LogP contribution in [0.15, 0.2) is 27.4 Å². The van der Waals surface area contributed by atoms with Gasteiger partial charge >= 0.3 is 5.63 Å². The van der Waals surface area contributed by atoms with Crippen molar-refractivity contribution in [2.45, 2.75) is 44.8 Å². The first kappa shape index (κ1) is 19.4. The molecule has 0 saturated carbocycles. The largest absolute Gasteiger partial charge is 0.550 e. The van der Waals surface area contributed by atoms with Crippen LogP contribution >= 0.6 is 0 Å². The summed E-state index contributed by atoms with van der Waals surface area (Å²) < 4.78 is 10.8. The maximum atomic E-state index is 12.1. The molecule has 9 nitrogen and oxygen atoms in total. The number of carboxylic acids is 2. The van der Waals surface area contributed by atoms with Crippen molar-refractivity contribution in [2.24, 2.45) is 0 Å². The number of ether oxygens (including phenoxy) is 1. The average molecular weight is 387 g/mol. The number of fused-ring (bicyclic) bond motifs is 3. The minimum absolute atomic E-state index is 0.237. The lowest BCUT2D eigenvalue weighted by Crippen LogP contribution is -2.53. The number of aliphatic carboxylic acids is 2. The second kappa shape index (κ2) is 7.71. The molecule has 28 heavy (non-hydrogen) atoms. The molecule has 2 atom stereocenters. The van der Waals surface area contributed by atoms with E-state index in [1.807, 2.05) is 5.32 Å². The molecule has 9 heteroatoms. The van der Waals surface area contributed by atoms with Gasteiger partial charge in [-0.05, 0) is 43.9 Å². The number of nitrogens with one attached hydrogen (secondary N) is 1. The molecule has 1 N–H and O–H groups in total. The molecule has 0 unspecified atom stereocenters. The van der Waals surface area contributed by atoms with Crippen LogP contribution in [-0.2, 0) is 27.2 Å². The van der Waals surface area contributed by atoms with Gasteiger partial charge < -0.3 is 34.3 Å². The summed E-state index contributed by atoms with van der Waals surface area (Å²) in [6.07, 6.45) is 0.309. The fourth-order valence-corrected chi connectivity index (χ4v) is 3.24. The van der Waals surface area contributed by atoms with Crippen LogP contribution in [-0.4, -0.2) is 30.0 Å². The maximum Gasteiger partial charge on any atom is 0.339 e. The van der Waals surface area contributed by atoms with Crippen LogP contribution in [0.3, 0.4) is 0 Å². The second-order valence-corrected chi connectivity index (χ2v) is 6.57. The Balaban J connectivity index is 1.75. The zero-order valence-electron chi connectivity index (χ0n) is 15.0. The van der Waals surface area contributed by atoms with E-state index in [1.54, 1.807) is 12.1 Å². The van der Waals surface area contributed by atoms with Crippen molar-refractivity contribution in [2.75, 3.05) is 0 Å². The first-order valence-corrected chi connectivity index (χ1v) is 8.72. The summed E-state index contributed by atoms with van der Waals surface area (Å²) in [6.45, 7) is 1.36. The number of carbonyl (C=O) groups is 3. The normalized spacial score (nSPS) is 14.9. The highest BCUT2D eigenvalue weighted by Crippen LogP contribution is 2.29. The van der Waals surface area contributed by atoms with Crippen LogP contribution in [0.25, 0.3) is 11.0 Å². The predicted octanol–water partition coefficient (Wildman–Crippen LogP) is -1.58. The standard InChI is InChI=1S/C19H19NO8/c1-9(17(23)20-14(18(24)25)8-16(21)22)27-10-5-6-12-11-3-2-4-13(11)19(26)28-15(12)7-10/h5-7,9,14H,2-4,8H2,1H3,(H,20,23)(H,21,22)(H,24,25)/p-2/t9-,14-/m0/s1. The minimum Gasteiger partial charge on any atom is -0.550 e. The number of rotatable bonds is 7. The summed E-state index contributed by atoms with van der Waals surface area (Å²) in [4.78, 5) is 45.6. The summed E-state index contributed by atoms with van der Waals surface area (Å²) in [7, 11) is 0. The lowest BCUT2D eigenvalue weighted by Gasteiger charge is -2.22. The molecule has 3 rings (SSSR count). The number of carbonyl (C=O) groups excluding carboxylic acids is 3. The van der Waals surface area contributed by atoms with Crippen molar-refractivity contribution < 1.29 is 33.8 Å². The Labute approximate surface area is 158 Å². The lowest BCUT2D eigenvalue weighted by molar-refractivity contribution is -0.317. The van der Waals surface area contributed by atoms with Gasteiger partial charge in [0.2, 0.25) is 0 Å². The van der Waals surface area contributed by atoms with Crippen molar-refractivity contribution in [3.05, 3.63) is 39.7 Å². The van der Waals surface area contributed by atoms with Crippen LogP contribution in [0.4, 0.5) is 0 Å². The number of hydrogen-bond donors (Lipinski definition) is 1. The number of benzene rings is 1. The van der Waals surface area contributed by atoms with E-state index in [1.165, 1.54) is 13.0 Å². The molecule has 1 aromatic heterocycles. The topological polar surface area (TPSA) is 149 Å². The molecule has 1 heterocycles. The zero-order valence-corrected chi connectivity index (χ0v) is 15.0. The lowest BCUT2D eigenvalue weighted by atomic mass is 10.1. The molecule has 2 aromatic rings. The van der Waals surface area contributed by atoms with Gasteiger partial charge in [-0.1, -0.05) is 0 Å². The zero-order chi connectivity index (χ0) is 20.4. The van der Waals surface area contributed by atoms with Crippen LogP contribution in [0, 0.1) is 0 Å². The van der Waals surface area contributed by atoms with Gasteiger partial charge in [-0.25, -0.2) is 4.79 Å². The smallest absolute Gasteiger partial charge is 0.339 e. The molecule has 0 radical (unpaired) electrons. The van der Waals surface area contributed by atoms with Gasteiger partial charge in [-0.15, -0.1) is 0 Å². The van der Waals surface area contributed by atoms with Crippen LogP contribution in [0.5, 0.6) is 5.75 Å². The van der Waals surface area contributed by atoms with Gasteiger partial charge in [-0.3, -0.25) is 4.79 Å². The van der Waals surface area contributed by atoms with Crippen LogP contribution in [0.1, 0.15) is 30.9 Å². The third-order valence-corrected chi connectivity index (χ3v) is 4.60. The number of carboxylic acid groups (broad SMARTS) is 2. The monoisotopic (exact) mass is 387 g/mol. The van der Waals surface area contributed by atoms with E-state index in [9.17, 15) is 29.4 Å². The molecule has 1 amide bonds. The van der Waals surface area contributed by atoms with Crippen molar-refractivity contribution >= 4 is 28.8 Å². The fourth-order valence-electron chi connectivity index (χ4n) is 3.24. The molecule has 1 aromatic carbocycles. The summed E-state index contributed by atoms with van der Waals surface area (Å²) in [5.41, 5.74) is 1.60. The summed E-state index contributed by atoms with van der Waals surface area (Å²) in [5.74, 6) is -3.99. The van der Waals surface area contributed by atoms with E-state index in [0.29, 0.717) is 17.6 Å². The molecule has 0 bridgehead atoms. The van der Waals surface area contributed by atoms with Crippen molar-refractivity contribution in [3.63, 3.8) is 0 Å². The van der Waals surface area contributed by atoms with E-state index < -0.39 is 36.4 Å². The Hall–Kier alpha value is -3.36. The van der Waals surface area contributed by atoms with Gasteiger partial charge in [0.05, 0.1) is 12.0 Å². The van der Waals surface area contributed by atoms with E-state index in [-0.39, 0.29) is 11.4 Å². The Morgan fingerprint density at radius 2 is 1.93 bits per heavy atom. The Morgan fingerprint density at radius 3 is 2.61 bits per heavy atom. The summed E-state index contributed by atoms with van der Waals surface area (Å²) >= 11 is 0. The molecule has 0 spiro atoms.